The number of methoxy groups -OCH3 is 1. The number of rotatable bonds is 4. The number of fused-ring (bicyclic) bond motifs is 1. The maximum absolute atomic E-state index is 11.7. The summed E-state index contributed by atoms with van der Waals surface area (Å²) >= 11 is 12.6. The molecule has 0 amide bonds. The number of carbonyl (C=O) groups is 1. The number of carbonyl (C=O) groups excluding carboxylic acids is 1. The number of aryl methyl sites for hydroxylation is 1. The average Bonchev–Trinajstić information content (AvgIpc) is 2.92. The molecule has 3 rings (SSSR count). The van der Waals surface area contributed by atoms with Gasteiger partial charge in [-0.15, -0.1) is 0 Å². The first-order chi connectivity index (χ1) is 11.9. The van der Waals surface area contributed by atoms with E-state index in [4.69, 9.17) is 23.2 Å². The van der Waals surface area contributed by atoms with Gasteiger partial charge in [-0.3, -0.25) is 0 Å². The first-order valence-corrected chi connectivity index (χ1v) is 8.47. The minimum absolute atomic E-state index is 0.492. The molecular weight excluding hydrogens is 361 g/mol. The van der Waals surface area contributed by atoms with Crippen LogP contribution in [0.4, 0.5) is 0 Å². The summed E-state index contributed by atoms with van der Waals surface area (Å²) in [5, 5.41) is 12.2. The van der Waals surface area contributed by atoms with Crippen LogP contribution in [0, 0.1) is 6.92 Å². The predicted octanol–water partition coefficient (Wildman–Crippen LogP) is 4.51. The lowest BCUT2D eigenvalue weighted by Crippen LogP contribution is -2.13. The Kier molecular flexibility index (Phi) is 5.04. The van der Waals surface area contributed by atoms with Gasteiger partial charge in [0.25, 0.3) is 0 Å². The van der Waals surface area contributed by atoms with Crippen LogP contribution in [-0.4, -0.2) is 22.8 Å². The molecule has 0 fully saturated rings. The van der Waals surface area contributed by atoms with E-state index in [0.29, 0.717) is 22.2 Å². The summed E-state index contributed by atoms with van der Waals surface area (Å²) in [6.07, 6.45) is -1.33. The molecule has 0 saturated carbocycles. The summed E-state index contributed by atoms with van der Waals surface area (Å²) in [4.78, 5) is 11.7. The molecule has 1 heterocycles. The van der Waals surface area contributed by atoms with Crippen LogP contribution in [-0.2, 0) is 16.1 Å². The average molecular weight is 378 g/mol. The Morgan fingerprint density at radius 1 is 1.20 bits per heavy atom. The van der Waals surface area contributed by atoms with Crippen molar-refractivity contribution < 1.29 is 14.6 Å². The molecule has 0 saturated heterocycles. The van der Waals surface area contributed by atoms with Gasteiger partial charge in [0, 0.05) is 37.8 Å². The predicted molar refractivity (Wildman–Crippen MR) is 99.2 cm³/mol. The topological polar surface area (TPSA) is 51.5 Å². The van der Waals surface area contributed by atoms with Crippen LogP contribution < -0.4 is 0 Å². The van der Waals surface area contributed by atoms with Gasteiger partial charge in [0.1, 0.15) is 0 Å². The zero-order valence-corrected chi connectivity index (χ0v) is 15.3. The summed E-state index contributed by atoms with van der Waals surface area (Å²) in [6.45, 7) is 2.45. The molecule has 0 aliphatic heterocycles. The summed E-state index contributed by atoms with van der Waals surface area (Å²) in [7, 11) is 1.25. The Morgan fingerprint density at radius 3 is 2.48 bits per heavy atom. The van der Waals surface area contributed by atoms with Crippen molar-refractivity contribution in [3.05, 3.63) is 69.3 Å². The summed E-state index contributed by atoms with van der Waals surface area (Å²) in [6, 6.07) is 12.8. The molecule has 25 heavy (non-hydrogen) atoms. The Hall–Kier alpha value is -2.01. The molecule has 0 bridgehead atoms. The fraction of sp³-hybridized carbons (Fsp3) is 0.211. The number of aliphatic hydroxyl groups is 1. The minimum Gasteiger partial charge on any atom is -0.467 e. The van der Waals surface area contributed by atoms with Crippen molar-refractivity contribution >= 4 is 40.1 Å². The van der Waals surface area contributed by atoms with Crippen molar-refractivity contribution in [3.63, 3.8) is 0 Å². The molecule has 0 spiro atoms. The van der Waals surface area contributed by atoms with E-state index >= 15 is 0 Å². The molecule has 1 unspecified atom stereocenters. The number of halogens is 2. The van der Waals surface area contributed by atoms with Gasteiger partial charge in [-0.2, -0.15) is 0 Å². The van der Waals surface area contributed by atoms with Gasteiger partial charge in [0.2, 0.25) is 0 Å². The Morgan fingerprint density at radius 2 is 1.84 bits per heavy atom. The number of hydrogen-bond acceptors (Lipinski definition) is 3. The number of ether oxygens (including phenoxy) is 1. The third-order valence-corrected chi connectivity index (χ3v) is 4.99. The zero-order chi connectivity index (χ0) is 18.1. The van der Waals surface area contributed by atoms with E-state index in [-0.39, 0.29) is 0 Å². The second-order valence-corrected chi connectivity index (χ2v) is 6.59. The zero-order valence-electron chi connectivity index (χ0n) is 13.8. The van der Waals surface area contributed by atoms with Crippen molar-refractivity contribution in [1.82, 2.24) is 4.57 Å². The number of aromatic nitrogens is 1. The first-order valence-electron chi connectivity index (χ1n) is 7.71. The first kappa shape index (κ1) is 17.8. The van der Waals surface area contributed by atoms with Gasteiger partial charge in [-0.25, -0.2) is 4.79 Å². The number of hydrogen-bond donors (Lipinski definition) is 1. The third kappa shape index (κ3) is 3.25. The number of esters is 1. The van der Waals surface area contributed by atoms with E-state index in [1.54, 1.807) is 30.3 Å². The van der Waals surface area contributed by atoms with E-state index in [1.807, 2.05) is 19.1 Å². The highest BCUT2D eigenvalue weighted by Crippen LogP contribution is 2.31. The van der Waals surface area contributed by atoms with E-state index in [2.05, 4.69) is 9.30 Å². The third-order valence-electron chi connectivity index (χ3n) is 4.28. The normalized spacial score (nSPS) is 12.4. The minimum atomic E-state index is -1.33. The van der Waals surface area contributed by atoms with Crippen LogP contribution in [0.1, 0.15) is 22.9 Å². The molecule has 0 radical (unpaired) electrons. The molecule has 1 atom stereocenters. The standard InChI is InChI=1S/C19H17Cl2NO3/c1-11-9-13-12(18(23)19(24)25-2)5-3-8-17(13)22(11)10-14-15(20)6-4-7-16(14)21/h3-9,18,23H,10H2,1-2H3. The van der Waals surface area contributed by atoms with Crippen LogP contribution in [0.2, 0.25) is 10.0 Å². The maximum atomic E-state index is 11.7. The van der Waals surface area contributed by atoms with Gasteiger partial charge >= 0.3 is 5.97 Å². The van der Waals surface area contributed by atoms with Crippen LogP contribution in [0.15, 0.2) is 42.5 Å². The van der Waals surface area contributed by atoms with Crippen LogP contribution in [0.25, 0.3) is 10.9 Å². The molecule has 1 N–H and O–H groups in total. The molecule has 0 aliphatic carbocycles. The lowest BCUT2D eigenvalue weighted by molar-refractivity contribution is -0.150. The van der Waals surface area contributed by atoms with Crippen molar-refractivity contribution in [2.24, 2.45) is 0 Å². The van der Waals surface area contributed by atoms with Gasteiger partial charge < -0.3 is 14.4 Å². The van der Waals surface area contributed by atoms with Crippen molar-refractivity contribution in [1.29, 1.82) is 0 Å². The maximum Gasteiger partial charge on any atom is 0.339 e. The van der Waals surface area contributed by atoms with Gasteiger partial charge in [0.05, 0.1) is 13.7 Å². The number of aliphatic hydroxyl groups excluding tert-OH is 1. The molecule has 0 aliphatic rings. The fourth-order valence-electron chi connectivity index (χ4n) is 2.97. The molecule has 2 aromatic carbocycles. The number of nitrogens with zero attached hydrogens (tertiary/aromatic N) is 1. The molecule has 1 aromatic heterocycles. The van der Waals surface area contributed by atoms with Crippen LogP contribution in [0.5, 0.6) is 0 Å². The smallest absolute Gasteiger partial charge is 0.339 e. The summed E-state index contributed by atoms with van der Waals surface area (Å²) < 4.78 is 6.70. The Labute approximate surface area is 155 Å². The van der Waals surface area contributed by atoms with Crippen LogP contribution in [0.3, 0.4) is 0 Å². The summed E-state index contributed by atoms with van der Waals surface area (Å²) in [5.74, 6) is -0.688. The van der Waals surface area contributed by atoms with E-state index < -0.39 is 12.1 Å². The van der Waals surface area contributed by atoms with Crippen molar-refractivity contribution in [2.75, 3.05) is 7.11 Å². The largest absolute Gasteiger partial charge is 0.467 e. The monoisotopic (exact) mass is 377 g/mol. The molecule has 6 heteroatoms. The molecular formula is C19H17Cl2NO3. The van der Waals surface area contributed by atoms with E-state index in [1.165, 1.54) is 7.11 Å². The second-order valence-electron chi connectivity index (χ2n) is 5.78. The lowest BCUT2D eigenvalue weighted by Gasteiger charge is -2.13. The quantitative estimate of drug-likeness (QED) is 0.680. The van der Waals surface area contributed by atoms with E-state index in [0.717, 1.165) is 22.2 Å². The van der Waals surface area contributed by atoms with E-state index in [9.17, 15) is 9.90 Å². The highest BCUT2D eigenvalue weighted by molar-refractivity contribution is 6.36. The van der Waals surface area contributed by atoms with Crippen molar-refractivity contribution in [2.45, 2.75) is 19.6 Å². The summed E-state index contributed by atoms with van der Waals surface area (Å²) in [5.41, 5.74) is 3.19. The molecule has 130 valence electrons. The highest BCUT2D eigenvalue weighted by atomic mass is 35.5. The second kappa shape index (κ2) is 7.08. The lowest BCUT2D eigenvalue weighted by atomic mass is 10.0. The van der Waals surface area contributed by atoms with Gasteiger partial charge in [0.15, 0.2) is 6.10 Å². The SMILES string of the molecule is COC(=O)C(O)c1cccc2c1cc(C)n2Cc1c(Cl)cccc1Cl. The van der Waals surface area contributed by atoms with Gasteiger partial charge in [-0.1, -0.05) is 41.4 Å². The number of benzene rings is 2. The van der Waals surface area contributed by atoms with Gasteiger partial charge in [-0.05, 0) is 31.2 Å². The molecule has 3 aromatic rings. The van der Waals surface area contributed by atoms with Crippen molar-refractivity contribution in [3.8, 4) is 0 Å². The Balaban J connectivity index is 2.12. The van der Waals surface area contributed by atoms with Crippen LogP contribution >= 0.6 is 23.2 Å². The fourth-order valence-corrected chi connectivity index (χ4v) is 3.49. The molecule has 4 nitrogen and oxygen atoms in total. The highest BCUT2D eigenvalue weighted by Gasteiger charge is 2.22. The Bertz CT molecular complexity index is 929.